The summed E-state index contributed by atoms with van der Waals surface area (Å²) < 4.78 is 22.2. The second kappa shape index (κ2) is 11.6. The number of nitro benzene ring substituents is 1. The Balaban J connectivity index is 1.86. The van der Waals surface area contributed by atoms with Crippen molar-refractivity contribution in [1.82, 2.24) is 0 Å². The molecule has 3 rings (SSSR count). The van der Waals surface area contributed by atoms with Crippen LogP contribution in [0.5, 0.6) is 23.0 Å². The molecule has 1 N–H and O–H groups in total. The fourth-order valence-corrected chi connectivity index (χ4v) is 3.16. The predicted molar refractivity (Wildman–Crippen MR) is 124 cm³/mol. The minimum atomic E-state index is -0.802. The van der Waals surface area contributed by atoms with Gasteiger partial charge in [-0.05, 0) is 37.1 Å². The van der Waals surface area contributed by atoms with E-state index in [1.807, 2.05) is 13.0 Å². The SMILES string of the molecule is CCCCOc1ccc(/C=C(\C#N)C(=O)Nc2cc3c(cc2[N+](=O)[O-])OCCO3)cc1OCC. The third kappa shape index (κ3) is 5.95. The first kappa shape index (κ1) is 24.4. The zero-order chi connectivity index (χ0) is 24.5. The van der Waals surface area contributed by atoms with Crippen molar-refractivity contribution in [2.75, 3.05) is 31.7 Å². The molecule has 10 heteroatoms. The number of nitrogens with zero attached hydrogens (tertiary/aromatic N) is 2. The molecule has 0 atom stereocenters. The number of nitrogens with one attached hydrogen (secondary N) is 1. The van der Waals surface area contributed by atoms with Crippen molar-refractivity contribution in [3.63, 3.8) is 0 Å². The minimum Gasteiger partial charge on any atom is -0.490 e. The van der Waals surface area contributed by atoms with Crippen LogP contribution in [0.15, 0.2) is 35.9 Å². The number of benzene rings is 2. The Morgan fingerprint density at radius 2 is 1.91 bits per heavy atom. The maximum Gasteiger partial charge on any atom is 0.296 e. The zero-order valence-corrected chi connectivity index (χ0v) is 19.0. The lowest BCUT2D eigenvalue weighted by atomic mass is 10.1. The summed E-state index contributed by atoms with van der Waals surface area (Å²) in [5.74, 6) is 0.754. The van der Waals surface area contributed by atoms with Crippen LogP contribution in [0.4, 0.5) is 11.4 Å². The van der Waals surface area contributed by atoms with Crippen LogP contribution in [-0.2, 0) is 4.79 Å². The molecule has 1 aliphatic rings. The number of nitriles is 1. The average Bonchev–Trinajstić information content (AvgIpc) is 2.83. The van der Waals surface area contributed by atoms with Gasteiger partial charge < -0.3 is 24.3 Å². The molecule has 0 saturated heterocycles. The number of rotatable bonds is 10. The van der Waals surface area contributed by atoms with Crippen LogP contribution in [0.3, 0.4) is 0 Å². The van der Waals surface area contributed by atoms with Gasteiger partial charge in [-0.1, -0.05) is 19.4 Å². The van der Waals surface area contributed by atoms with Crippen LogP contribution in [0.2, 0.25) is 0 Å². The third-order valence-electron chi connectivity index (χ3n) is 4.80. The molecule has 0 spiro atoms. The van der Waals surface area contributed by atoms with Crippen molar-refractivity contribution >= 4 is 23.4 Å². The van der Waals surface area contributed by atoms with Crippen LogP contribution in [-0.4, -0.2) is 37.3 Å². The summed E-state index contributed by atoms with van der Waals surface area (Å²) in [6, 6.07) is 9.42. The third-order valence-corrected chi connectivity index (χ3v) is 4.80. The number of carbonyl (C=O) groups excluding carboxylic acids is 1. The molecule has 0 bridgehead atoms. The van der Waals surface area contributed by atoms with Crippen LogP contribution in [0.1, 0.15) is 32.3 Å². The summed E-state index contributed by atoms with van der Waals surface area (Å²) in [6.07, 6.45) is 3.27. The van der Waals surface area contributed by atoms with E-state index in [4.69, 9.17) is 18.9 Å². The summed E-state index contributed by atoms with van der Waals surface area (Å²) >= 11 is 0. The number of unbranched alkanes of at least 4 members (excludes halogenated alkanes) is 1. The van der Waals surface area contributed by atoms with E-state index in [0.29, 0.717) is 30.3 Å². The number of amides is 1. The van der Waals surface area contributed by atoms with E-state index in [-0.39, 0.29) is 41.7 Å². The first-order chi connectivity index (χ1) is 16.5. The number of ether oxygens (including phenoxy) is 4. The summed E-state index contributed by atoms with van der Waals surface area (Å²) in [7, 11) is 0. The zero-order valence-electron chi connectivity index (χ0n) is 19.0. The van der Waals surface area contributed by atoms with Gasteiger partial charge in [0.05, 0.1) is 24.2 Å². The Morgan fingerprint density at radius 1 is 1.18 bits per heavy atom. The maximum absolute atomic E-state index is 12.8. The second-order valence-corrected chi connectivity index (χ2v) is 7.24. The van der Waals surface area contributed by atoms with Gasteiger partial charge in [-0.2, -0.15) is 5.26 Å². The van der Waals surface area contributed by atoms with Crippen molar-refractivity contribution in [3.8, 4) is 29.1 Å². The smallest absolute Gasteiger partial charge is 0.296 e. The highest BCUT2D eigenvalue weighted by molar-refractivity contribution is 6.10. The van der Waals surface area contributed by atoms with Crippen LogP contribution >= 0.6 is 0 Å². The molecule has 0 unspecified atom stereocenters. The molecule has 34 heavy (non-hydrogen) atoms. The summed E-state index contributed by atoms with van der Waals surface area (Å²) in [6.45, 7) is 5.41. The molecule has 0 aromatic heterocycles. The lowest BCUT2D eigenvalue weighted by Crippen LogP contribution is -2.18. The second-order valence-electron chi connectivity index (χ2n) is 7.24. The molecule has 0 saturated carbocycles. The standard InChI is InChI=1S/C24H25N3O7/c1-3-5-8-32-20-7-6-16(12-21(20)31-4-2)11-17(15-25)24(28)26-18-13-22-23(34-10-9-33-22)14-19(18)27(29)30/h6-7,11-14H,3-5,8-10H2,1-2H3,(H,26,28)/b17-11+. The lowest BCUT2D eigenvalue weighted by molar-refractivity contribution is -0.384. The van der Waals surface area contributed by atoms with Gasteiger partial charge >= 0.3 is 0 Å². The molecule has 0 radical (unpaired) electrons. The summed E-state index contributed by atoms with van der Waals surface area (Å²) in [5, 5.41) is 23.5. The number of hydrogen-bond donors (Lipinski definition) is 1. The van der Waals surface area contributed by atoms with Gasteiger partial charge in [-0.25, -0.2) is 0 Å². The van der Waals surface area contributed by atoms with Crippen LogP contribution in [0, 0.1) is 21.4 Å². The Morgan fingerprint density at radius 3 is 2.56 bits per heavy atom. The highest BCUT2D eigenvalue weighted by Crippen LogP contribution is 2.39. The number of fused-ring (bicyclic) bond motifs is 1. The molecule has 10 nitrogen and oxygen atoms in total. The van der Waals surface area contributed by atoms with E-state index in [9.17, 15) is 20.2 Å². The number of nitro groups is 1. The number of hydrogen-bond acceptors (Lipinski definition) is 8. The van der Waals surface area contributed by atoms with E-state index in [2.05, 4.69) is 12.2 Å². The fraction of sp³-hybridized carbons (Fsp3) is 0.333. The highest BCUT2D eigenvalue weighted by Gasteiger charge is 2.24. The van der Waals surface area contributed by atoms with Crippen molar-refractivity contribution in [1.29, 1.82) is 5.26 Å². The molecule has 2 aromatic carbocycles. The average molecular weight is 467 g/mol. The van der Waals surface area contributed by atoms with Crippen molar-refractivity contribution < 1.29 is 28.7 Å². The number of anilines is 1. The van der Waals surface area contributed by atoms with Gasteiger partial charge in [0.15, 0.2) is 23.0 Å². The Bertz CT molecular complexity index is 1140. The Kier molecular flexibility index (Phi) is 8.29. The van der Waals surface area contributed by atoms with Crippen molar-refractivity contribution in [2.24, 2.45) is 0 Å². The van der Waals surface area contributed by atoms with E-state index in [1.165, 1.54) is 18.2 Å². The quantitative estimate of drug-likeness (QED) is 0.178. The topological polar surface area (TPSA) is 133 Å². The van der Waals surface area contributed by atoms with Crippen LogP contribution in [0.25, 0.3) is 6.08 Å². The molecule has 1 heterocycles. The highest BCUT2D eigenvalue weighted by atomic mass is 16.6. The van der Waals surface area contributed by atoms with E-state index in [0.717, 1.165) is 12.8 Å². The molecular formula is C24H25N3O7. The summed E-state index contributed by atoms with van der Waals surface area (Å²) in [5.41, 5.74) is -0.182. The molecule has 2 aromatic rings. The molecule has 1 aliphatic heterocycles. The minimum absolute atomic E-state index is 0.102. The van der Waals surface area contributed by atoms with Gasteiger partial charge in [0.2, 0.25) is 0 Å². The van der Waals surface area contributed by atoms with E-state index >= 15 is 0 Å². The monoisotopic (exact) mass is 467 g/mol. The maximum atomic E-state index is 12.8. The summed E-state index contributed by atoms with van der Waals surface area (Å²) in [4.78, 5) is 23.6. The van der Waals surface area contributed by atoms with Crippen molar-refractivity contribution in [3.05, 3.63) is 51.6 Å². The Hall–Kier alpha value is -4.26. The lowest BCUT2D eigenvalue weighted by Gasteiger charge is -2.19. The molecule has 0 fully saturated rings. The fourth-order valence-electron chi connectivity index (χ4n) is 3.16. The first-order valence-electron chi connectivity index (χ1n) is 10.9. The van der Waals surface area contributed by atoms with E-state index in [1.54, 1.807) is 18.2 Å². The van der Waals surface area contributed by atoms with E-state index < -0.39 is 10.8 Å². The van der Waals surface area contributed by atoms with Gasteiger partial charge in [-0.15, -0.1) is 0 Å². The predicted octanol–water partition coefficient (Wildman–Crippen LogP) is 4.49. The molecule has 178 valence electrons. The normalized spacial score (nSPS) is 12.4. The molecule has 0 aliphatic carbocycles. The number of carbonyl (C=O) groups is 1. The van der Waals surface area contributed by atoms with Gasteiger partial charge in [-0.3, -0.25) is 14.9 Å². The Labute approximate surface area is 196 Å². The van der Waals surface area contributed by atoms with Gasteiger partial charge in [0.1, 0.15) is 30.5 Å². The molecule has 1 amide bonds. The van der Waals surface area contributed by atoms with Gasteiger partial charge in [0, 0.05) is 6.07 Å². The largest absolute Gasteiger partial charge is 0.490 e. The van der Waals surface area contributed by atoms with Gasteiger partial charge in [0.25, 0.3) is 11.6 Å². The first-order valence-corrected chi connectivity index (χ1v) is 10.9. The van der Waals surface area contributed by atoms with Crippen molar-refractivity contribution in [2.45, 2.75) is 26.7 Å². The molecular weight excluding hydrogens is 442 g/mol. The van der Waals surface area contributed by atoms with Crippen LogP contribution < -0.4 is 24.3 Å².